The summed E-state index contributed by atoms with van der Waals surface area (Å²) in [5.41, 5.74) is 4.63. The fourth-order valence-corrected chi connectivity index (χ4v) is 7.24. The molecule has 228 valence electrons. The number of aryl methyl sites for hydroxylation is 1. The topological polar surface area (TPSA) is 97.5 Å². The summed E-state index contributed by atoms with van der Waals surface area (Å²) in [6, 6.07) is 11.1. The van der Waals surface area contributed by atoms with Crippen molar-refractivity contribution in [2.45, 2.75) is 89.5 Å². The van der Waals surface area contributed by atoms with Crippen LogP contribution >= 0.6 is 0 Å². The molecule has 2 heterocycles. The summed E-state index contributed by atoms with van der Waals surface area (Å²) in [5.74, 6) is 2.04. The molecule has 3 saturated carbocycles. The number of methoxy groups -OCH3 is 1. The Balaban J connectivity index is 1.18. The van der Waals surface area contributed by atoms with Gasteiger partial charge in [-0.15, -0.1) is 0 Å². The van der Waals surface area contributed by atoms with Crippen molar-refractivity contribution >= 4 is 17.7 Å². The number of hydrogen-bond donors (Lipinski definition) is 1. The first kappa shape index (κ1) is 29.4. The van der Waals surface area contributed by atoms with Crippen molar-refractivity contribution in [1.82, 2.24) is 14.8 Å². The lowest BCUT2D eigenvalue weighted by molar-refractivity contribution is -0.138. The highest BCUT2D eigenvalue weighted by Gasteiger charge is 2.34. The number of carboxylic acids is 1. The third kappa shape index (κ3) is 6.94. The van der Waals surface area contributed by atoms with Crippen LogP contribution in [0.1, 0.15) is 93.7 Å². The first-order valence-electron chi connectivity index (χ1n) is 16.1. The molecule has 0 spiro atoms. The van der Waals surface area contributed by atoms with Gasteiger partial charge in [-0.2, -0.15) is 5.10 Å². The minimum Gasteiger partial charge on any atom is -0.496 e. The molecule has 8 nitrogen and oxygen atoms in total. The van der Waals surface area contributed by atoms with E-state index < -0.39 is 5.97 Å². The Morgan fingerprint density at radius 2 is 1.70 bits per heavy atom. The average molecular weight is 585 g/mol. The van der Waals surface area contributed by atoms with Crippen molar-refractivity contribution in [2.24, 2.45) is 17.8 Å². The summed E-state index contributed by atoms with van der Waals surface area (Å²) < 4.78 is 7.51. The number of carbonyl (C=O) groups excluding carboxylic acids is 1. The number of carbonyl (C=O) groups is 2. The van der Waals surface area contributed by atoms with Gasteiger partial charge in [-0.1, -0.05) is 12.1 Å². The highest BCUT2D eigenvalue weighted by Crippen LogP contribution is 2.40. The number of benzene rings is 1. The lowest BCUT2D eigenvalue weighted by Gasteiger charge is -2.35. The zero-order valence-electron chi connectivity index (χ0n) is 25.5. The van der Waals surface area contributed by atoms with Gasteiger partial charge in [-0.25, -0.2) is 4.98 Å². The monoisotopic (exact) mass is 584 g/mol. The fourth-order valence-electron chi connectivity index (χ4n) is 7.24. The molecule has 2 aromatic heterocycles. The van der Waals surface area contributed by atoms with E-state index in [0.717, 1.165) is 68.2 Å². The maximum atomic E-state index is 14.2. The van der Waals surface area contributed by atoms with Gasteiger partial charge < -0.3 is 9.84 Å². The van der Waals surface area contributed by atoms with E-state index in [1.165, 1.54) is 24.0 Å². The molecule has 0 aliphatic heterocycles. The predicted molar refractivity (Wildman–Crippen MR) is 166 cm³/mol. The molecule has 3 aliphatic carbocycles. The second kappa shape index (κ2) is 12.9. The summed E-state index contributed by atoms with van der Waals surface area (Å²) >= 11 is 0. The van der Waals surface area contributed by atoms with Crippen molar-refractivity contribution in [3.8, 4) is 16.9 Å². The number of pyridine rings is 1. The molecule has 0 unspecified atom stereocenters. The van der Waals surface area contributed by atoms with Crippen LogP contribution in [0.25, 0.3) is 11.1 Å². The Bertz CT molecular complexity index is 1430. The molecule has 1 N–H and O–H groups in total. The van der Waals surface area contributed by atoms with Gasteiger partial charge in [0.15, 0.2) is 0 Å². The number of anilines is 1. The van der Waals surface area contributed by atoms with Crippen molar-refractivity contribution < 1.29 is 19.4 Å². The zero-order valence-corrected chi connectivity index (χ0v) is 25.5. The van der Waals surface area contributed by atoms with Gasteiger partial charge in [-0.3, -0.25) is 19.2 Å². The molecule has 8 heteroatoms. The van der Waals surface area contributed by atoms with Crippen LogP contribution in [-0.4, -0.2) is 45.4 Å². The fraction of sp³-hybridized carbons (Fsp3) is 0.543. The minimum absolute atomic E-state index is 0.0910. The van der Waals surface area contributed by atoms with E-state index in [1.807, 2.05) is 29.4 Å². The van der Waals surface area contributed by atoms with E-state index in [-0.39, 0.29) is 24.2 Å². The Kier molecular flexibility index (Phi) is 8.82. The molecule has 0 saturated heterocycles. The molecular weight excluding hydrogens is 540 g/mol. The Labute approximate surface area is 254 Å². The van der Waals surface area contributed by atoms with Crippen LogP contribution in [0.5, 0.6) is 5.75 Å². The molecule has 43 heavy (non-hydrogen) atoms. The van der Waals surface area contributed by atoms with E-state index in [9.17, 15) is 14.7 Å². The van der Waals surface area contributed by atoms with E-state index in [4.69, 9.17) is 9.72 Å². The number of carboxylic acid groups (broad SMARTS) is 1. The van der Waals surface area contributed by atoms with E-state index in [2.05, 4.69) is 41.1 Å². The van der Waals surface area contributed by atoms with Crippen molar-refractivity contribution in [3.05, 3.63) is 60.0 Å². The van der Waals surface area contributed by atoms with Crippen LogP contribution < -0.4 is 9.64 Å². The summed E-state index contributed by atoms with van der Waals surface area (Å²) in [6.07, 6.45) is 15.8. The minimum atomic E-state index is -0.747. The molecule has 0 radical (unpaired) electrons. The first-order chi connectivity index (χ1) is 20.9. The Hall–Kier alpha value is -3.68. The molecule has 0 bridgehead atoms. The molecular formula is C35H44N4O4. The molecule has 1 amide bonds. The van der Waals surface area contributed by atoms with Gasteiger partial charge in [0.1, 0.15) is 11.6 Å². The molecule has 3 fully saturated rings. The van der Waals surface area contributed by atoms with Gasteiger partial charge in [0, 0.05) is 36.8 Å². The normalized spacial score (nSPS) is 24.0. The summed E-state index contributed by atoms with van der Waals surface area (Å²) in [6.45, 7) is 2.77. The van der Waals surface area contributed by atoms with Gasteiger partial charge in [0.05, 0.1) is 19.3 Å². The molecule has 6 rings (SSSR count). The van der Waals surface area contributed by atoms with Crippen LogP contribution in [0.2, 0.25) is 0 Å². The van der Waals surface area contributed by atoms with Gasteiger partial charge in [-0.05, 0) is 124 Å². The van der Waals surface area contributed by atoms with Gasteiger partial charge in [0.25, 0.3) is 0 Å². The Morgan fingerprint density at radius 1 is 0.953 bits per heavy atom. The molecule has 0 atom stereocenters. The number of nitrogens with zero attached hydrogens (tertiary/aromatic N) is 4. The maximum absolute atomic E-state index is 14.2. The number of amides is 1. The van der Waals surface area contributed by atoms with Crippen LogP contribution in [-0.2, 0) is 9.59 Å². The lowest BCUT2D eigenvalue weighted by Crippen LogP contribution is -2.42. The summed E-state index contributed by atoms with van der Waals surface area (Å²) in [5, 5.41) is 13.8. The second-order valence-corrected chi connectivity index (χ2v) is 13.1. The molecule has 3 aliphatic rings. The summed E-state index contributed by atoms with van der Waals surface area (Å²) in [7, 11) is 1.72. The van der Waals surface area contributed by atoms with Gasteiger partial charge >= 0.3 is 5.97 Å². The number of aromatic nitrogens is 3. The standard InChI is InChI=1S/C35H44N4O4/c1-23-17-28(11-14-32(23)43-2)26-7-5-25(6-8-26)21-38(35(42)27-9-3-24(4-10-27)18-34(40)41)33-19-29(15-16-36-33)30-20-37-39(22-30)31-12-13-31/h11,14-17,19-20,22,24-27,31H,3-10,12-13,18,21H2,1-2H3,(H,40,41). The van der Waals surface area contributed by atoms with Crippen LogP contribution in [0.4, 0.5) is 5.82 Å². The highest BCUT2D eigenvalue weighted by molar-refractivity contribution is 5.94. The van der Waals surface area contributed by atoms with E-state index >= 15 is 0 Å². The van der Waals surface area contributed by atoms with Crippen molar-refractivity contribution in [3.63, 3.8) is 0 Å². The number of ether oxygens (including phenoxy) is 1. The smallest absolute Gasteiger partial charge is 0.303 e. The third-order valence-electron chi connectivity index (χ3n) is 9.98. The average Bonchev–Trinajstić information content (AvgIpc) is 3.76. The van der Waals surface area contributed by atoms with Crippen LogP contribution in [0.15, 0.2) is 48.9 Å². The first-order valence-corrected chi connectivity index (χ1v) is 16.1. The van der Waals surface area contributed by atoms with Gasteiger partial charge in [0.2, 0.25) is 5.91 Å². The second-order valence-electron chi connectivity index (χ2n) is 13.1. The zero-order chi connectivity index (χ0) is 29.9. The SMILES string of the molecule is COc1ccc(C2CCC(CN(C(=O)C3CCC(CC(=O)O)CC3)c3cc(-c4cnn(C5CC5)c4)ccn3)CC2)cc1C. The Morgan fingerprint density at radius 3 is 2.37 bits per heavy atom. The third-order valence-corrected chi connectivity index (χ3v) is 9.98. The van der Waals surface area contributed by atoms with Crippen LogP contribution in [0.3, 0.4) is 0 Å². The predicted octanol–water partition coefficient (Wildman–Crippen LogP) is 7.19. The van der Waals surface area contributed by atoms with E-state index in [0.29, 0.717) is 30.2 Å². The van der Waals surface area contributed by atoms with Crippen molar-refractivity contribution in [1.29, 1.82) is 0 Å². The highest BCUT2D eigenvalue weighted by atomic mass is 16.5. The number of rotatable bonds is 10. The summed E-state index contributed by atoms with van der Waals surface area (Å²) in [4.78, 5) is 32.1. The number of hydrogen-bond acceptors (Lipinski definition) is 5. The lowest BCUT2D eigenvalue weighted by atomic mass is 9.77. The van der Waals surface area contributed by atoms with Crippen LogP contribution in [0, 0.1) is 24.7 Å². The quantitative estimate of drug-likeness (QED) is 0.271. The molecule has 3 aromatic rings. The maximum Gasteiger partial charge on any atom is 0.303 e. The largest absolute Gasteiger partial charge is 0.496 e. The van der Waals surface area contributed by atoms with E-state index in [1.54, 1.807) is 7.11 Å². The van der Waals surface area contributed by atoms with Crippen molar-refractivity contribution in [2.75, 3.05) is 18.6 Å². The molecule has 1 aromatic carbocycles. The number of aliphatic carboxylic acids is 1.